The lowest BCUT2D eigenvalue weighted by atomic mass is 10.1. The summed E-state index contributed by atoms with van der Waals surface area (Å²) < 4.78 is 14.9. The van der Waals surface area contributed by atoms with E-state index < -0.39 is 6.04 Å². The molecule has 2 rings (SSSR count). The van der Waals surface area contributed by atoms with Crippen LogP contribution < -0.4 is 5.73 Å². The van der Waals surface area contributed by atoms with E-state index in [2.05, 4.69) is 9.97 Å². The van der Waals surface area contributed by atoms with E-state index in [4.69, 9.17) is 5.73 Å². The molecular formula is C11H13FN4. The van der Waals surface area contributed by atoms with Gasteiger partial charge in [-0.25, -0.2) is 9.37 Å². The lowest BCUT2D eigenvalue weighted by Crippen LogP contribution is -2.17. The minimum Gasteiger partial charge on any atom is -0.334 e. The van der Waals surface area contributed by atoms with Gasteiger partial charge in [0.15, 0.2) is 0 Å². The standard InChI is InChI=1S/C11H13FN4/c1-2-16-4-3-15-11(16)10(13)8-5-9(12)7-14-6-8/h3-7,10H,2,13H2,1H3. The van der Waals surface area contributed by atoms with Crippen molar-refractivity contribution in [2.24, 2.45) is 5.73 Å². The second-order valence-corrected chi connectivity index (χ2v) is 3.49. The molecule has 2 aromatic rings. The van der Waals surface area contributed by atoms with Gasteiger partial charge in [-0.15, -0.1) is 0 Å². The van der Waals surface area contributed by atoms with Crippen LogP contribution in [0.25, 0.3) is 0 Å². The maximum absolute atomic E-state index is 13.0. The average molecular weight is 220 g/mol. The van der Waals surface area contributed by atoms with Gasteiger partial charge < -0.3 is 10.3 Å². The summed E-state index contributed by atoms with van der Waals surface area (Å²) in [6.07, 6.45) is 6.25. The lowest BCUT2D eigenvalue weighted by Gasteiger charge is -2.12. The zero-order valence-corrected chi connectivity index (χ0v) is 8.97. The van der Waals surface area contributed by atoms with Gasteiger partial charge in [-0.1, -0.05) is 0 Å². The van der Waals surface area contributed by atoms with Crippen molar-refractivity contribution < 1.29 is 4.39 Å². The Kier molecular flexibility index (Phi) is 2.96. The molecule has 0 saturated carbocycles. The molecule has 0 bridgehead atoms. The van der Waals surface area contributed by atoms with Crippen LogP contribution in [-0.4, -0.2) is 14.5 Å². The van der Waals surface area contributed by atoms with E-state index in [1.165, 1.54) is 6.07 Å². The zero-order valence-electron chi connectivity index (χ0n) is 8.97. The number of aromatic nitrogens is 3. The molecule has 1 unspecified atom stereocenters. The minimum absolute atomic E-state index is 0.387. The molecule has 0 aliphatic carbocycles. The van der Waals surface area contributed by atoms with E-state index in [1.54, 1.807) is 12.4 Å². The van der Waals surface area contributed by atoms with E-state index in [1.807, 2.05) is 17.7 Å². The number of pyridine rings is 1. The molecule has 1 atom stereocenters. The molecule has 2 aromatic heterocycles. The van der Waals surface area contributed by atoms with Crippen molar-refractivity contribution in [2.45, 2.75) is 19.5 Å². The Morgan fingerprint density at radius 1 is 1.50 bits per heavy atom. The third-order valence-electron chi connectivity index (χ3n) is 2.45. The molecule has 5 heteroatoms. The van der Waals surface area contributed by atoms with Gasteiger partial charge in [0.05, 0.1) is 12.2 Å². The summed E-state index contributed by atoms with van der Waals surface area (Å²) in [6.45, 7) is 2.79. The van der Waals surface area contributed by atoms with E-state index in [0.717, 1.165) is 18.6 Å². The van der Waals surface area contributed by atoms with Crippen LogP contribution in [-0.2, 0) is 6.54 Å². The average Bonchev–Trinajstić information content (AvgIpc) is 2.76. The van der Waals surface area contributed by atoms with Gasteiger partial charge >= 0.3 is 0 Å². The molecule has 0 aliphatic rings. The van der Waals surface area contributed by atoms with Crippen molar-refractivity contribution in [2.75, 3.05) is 0 Å². The van der Waals surface area contributed by atoms with Crippen molar-refractivity contribution in [3.8, 4) is 0 Å². The third-order valence-corrected chi connectivity index (χ3v) is 2.45. The molecule has 0 saturated heterocycles. The Balaban J connectivity index is 2.35. The fraction of sp³-hybridized carbons (Fsp3) is 0.273. The Morgan fingerprint density at radius 2 is 2.31 bits per heavy atom. The Hall–Kier alpha value is -1.75. The van der Waals surface area contributed by atoms with Crippen molar-refractivity contribution in [1.29, 1.82) is 0 Å². The predicted molar refractivity (Wildman–Crippen MR) is 58.1 cm³/mol. The van der Waals surface area contributed by atoms with Gasteiger partial charge in [-0.05, 0) is 18.6 Å². The number of hydrogen-bond donors (Lipinski definition) is 1. The summed E-state index contributed by atoms with van der Waals surface area (Å²) in [5.74, 6) is 0.331. The minimum atomic E-state index is -0.446. The number of aryl methyl sites for hydroxylation is 1. The number of imidazole rings is 1. The van der Waals surface area contributed by atoms with Crippen molar-refractivity contribution in [1.82, 2.24) is 14.5 Å². The largest absolute Gasteiger partial charge is 0.334 e. The Labute approximate surface area is 92.9 Å². The van der Waals surface area contributed by atoms with Gasteiger partial charge in [0.1, 0.15) is 11.6 Å². The third kappa shape index (κ3) is 1.94. The van der Waals surface area contributed by atoms with Gasteiger partial charge in [-0.3, -0.25) is 4.98 Å². The molecule has 4 nitrogen and oxygen atoms in total. The van der Waals surface area contributed by atoms with Gasteiger partial charge in [-0.2, -0.15) is 0 Å². The van der Waals surface area contributed by atoms with Gasteiger partial charge in [0.25, 0.3) is 0 Å². The SMILES string of the molecule is CCn1ccnc1C(N)c1cncc(F)c1. The van der Waals surface area contributed by atoms with Crippen LogP contribution in [0.15, 0.2) is 30.9 Å². The lowest BCUT2D eigenvalue weighted by molar-refractivity contribution is 0.609. The molecular weight excluding hydrogens is 207 g/mol. The van der Waals surface area contributed by atoms with Crippen LogP contribution >= 0.6 is 0 Å². The maximum atomic E-state index is 13.0. The highest BCUT2D eigenvalue weighted by molar-refractivity contribution is 5.21. The zero-order chi connectivity index (χ0) is 11.5. The molecule has 0 radical (unpaired) electrons. The smallest absolute Gasteiger partial charge is 0.141 e. The highest BCUT2D eigenvalue weighted by Crippen LogP contribution is 2.17. The Morgan fingerprint density at radius 3 is 3.00 bits per heavy atom. The fourth-order valence-electron chi connectivity index (χ4n) is 1.61. The summed E-state index contributed by atoms with van der Waals surface area (Å²) in [5, 5.41) is 0. The van der Waals surface area contributed by atoms with Crippen LogP contribution in [0.1, 0.15) is 24.4 Å². The molecule has 2 heterocycles. The van der Waals surface area contributed by atoms with Crippen LogP contribution in [0.3, 0.4) is 0 Å². The second-order valence-electron chi connectivity index (χ2n) is 3.49. The summed E-state index contributed by atoms with van der Waals surface area (Å²) in [7, 11) is 0. The van der Waals surface area contributed by atoms with Gasteiger partial charge in [0.2, 0.25) is 0 Å². The van der Waals surface area contributed by atoms with E-state index in [-0.39, 0.29) is 5.82 Å². The first-order chi connectivity index (χ1) is 7.72. The second kappa shape index (κ2) is 4.40. The van der Waals surface area contributed by atoms with Gasteiger partial charge in [0, 0.05) is 25.1 Å². The molecule has 0 aromatic carbocycles. The number of nitrogens with zero attached hydrogens (tertiary/aromatic N) is 3. The number of halogens is 1. The fourth-order valence-corrected chi connectivity index (χ4v) is 1.61. The highest BCUT2D eigenvalue weighted by Gasteiger charge is 2.14. The monoisotopic (exact) mass is 220 g/mol. The summed E-state index contributed by atoms with van der Waals surface area (Å²) in [4.78, 5) is 7.96. The number of rotatable bonds is 3. The normalized spacial score (nSPS) is 12.7. The topological polar surface area (TPSA) is 56.7 Å². The van der Waals surface area contributed by atoms with Crippen molar-refractivity contribution in [3.63, 3.8) is 0 Å². The summed E-state index contributed by atoms with van der Waals surface area (Å²) in [5.41, 5.74) is 6.64. The van der Waals surface area contributed by atoms with Crippen LogP contribution in [0.5, 0.6) is 0 Å². The van der Waals surface area contributed by atoms with Crippen molar-refractivity contribution in [3.05, 3.63) is 48.1 Å². The summed E-state index contributed by atoms with van der Waals surface area (Å²) in [6, 6.07) is 0.935. The first-order valence-corrected chi connectivity index (χ1v) is 5.09. The van der Waals surface area contributed by atoms with Crippen molar-refractivity contribution >= 4 is 0 Å². The first kappa shape index (κ1) is 10.8. The molecule has 0 aliphatic heterocycles. The quantitative estimate of drug-likeness (QED) is 0.852. The molecule has 16 heavy (non-hydrogen) atoms. The molecule has 0 spiro atoms. The predicted octanol–water partition coefficient (Wildman–Crippen LogP) is 1.49. The van der Waals surface area contributed by atoms with E-state index in [0.29, 0.717) is 5.56 Å². The maximum Gasteiger partial charge on any atom is 0.141 e. The molecule has 84 valence electrons. The van der Waals surface area contributed by atoms with Crippen LogP contribution in [0.2, 0.25) is 0 Å². The molecule has 0 amide bonds. The number of hydrogen-bond acceptors (Lipinski definition) is 3. The number of nitrogens with two attached hydrogens (primary N) is 1. The van der Waals surface area contributed by atoms with Crippen LogP contribution in [0, 0.1) is 5.82 Å². The summed E-state index contributed by atoms with van der Waals surface area (Å²) >= 11 is 0. The Bertz CT molecular complexity index is 480. The highest BCUT2D eigenvalue weighted by atomic mass is 19.1. The molecule has 0 fully saturated rings. The first-order valence-electron chi connectivity index (χ1n) is 5.09. The van der Waals surface area contributed by atoms with Crippen LogP contribution in [0.4, 0.5) is 4.39 Å². The van der Waals surface area contributed by atoms with E-state index in [9.17, 15) is 4.39 Å². The molecule has 2 N–H and O–H groups in total. The van der Waals surface area contributed by atoms with E-state index >= 15 is 0 Å².